The molecule has 1 atom stereocenters. The third kappa shape index (κ3) is 1.89. The fourth-order valence-electron chi connectivity index (χ4n) is 2.15. The Morgan fingerprint density at radius 1 is 1.45 bits per heavy atom. The van der Waals surface area contributed by atoms with Gasteiger partial charge in [-0.3, -0.25) is 24.3 Å². The lowest BCUT2D eigenvalue weighted by Crippen LogP contribution is -2.56. The summed E-state index contributed by atoms with van der Waals surface area (Å²) in [5.41, 5.74) is -0.0898. The summed E-state index contributed by atoms with van der Waals surface area (Å²) in [6.07, 6.45) is -7.61. The lowest BCUT2D eigenvalue weighted by Gasteiger charge is -2.34. The highest BCUT2D eigenvalue weighted by Crippen LogP contribution is 2.27. The Morgan fingerprint density at radius 3 is 3.00 bits per heavy atom. The summed E-state index contributed by atoms with van der Waals surface area (Å²) in [6, 6.07) is 3.75. The largest absolute Gasteiger partial charge is 0.398 e. The van der Waals surface area contributed by atoms with E-state index in [9.17, 15) is 14.4 Å². The van der Waals surface area contributed by atoms with Crippen molar-refractivity contribution in [2.75, 3.05) is 5.73 Å². The van der Waals surface area contributed by atoms with E-state index < -0.39 is 60.6 Å². The molecule has 2 amide bonds. The maximum absolute atomic E-state index is 13.5. The molecule has 22 heavy (non-hydrogen) atoms. The van der Waals surface area contributed by atoms with Crippen molar-refractivity contribution in [3.63, 3.8) is 0 Å². The predicted molar refractivity (Wildman–Crippen MR) is 81.2 cm³/mol. The van der Waals surface area contributed by atoms with E-state index in [-0.39, 0.29) is 15.8 Å². The standard InChI is InChI=1S/C15H16N4O3/c1-8-17-10-5-3-4-9(16)12(10)13(21)19(8)15(2)7-6-11(20)18-14(15)22/h3-5H,6-7,16H2,1-2H3,(H,18,20,22)/t15-/m1/s1/i1D3,2D3,6D2,7D2. The number of hydrogen-bond acceptors (Lipinski definition) is 5. The van der Waals surface area contributed by atoms with Crippen molar-refractivity contribution < 1.29 is 23.3 Å². The average molecular weight is 310 g/mol. The first kappa shape index (κ1) is 6.60. The van der Waals surface area contributed by atoms with Gasteiger partial charge in [-0.25, -0.2) is 4.98 Å². The van der Waals surface area contributed by atoms with Gasteiger partial charge in [-0.15, -0.1) is 0 Å². The van der Waals surface area contributed by atoms with Crippen molar-refractivity contribution in [3.05, 3.63) is 34.4 Å². The van der Waals surface area contributed by atoms with E-state index in [4.69, 9.17) is 19.4 Å². The van der Waals surface area contributed by atoms with Gasteiger partial charge in [-0.1, -0.05) is 6.07 Å². The minimum atomic E-state index is -3.94. The summed E-state index contributed by atoms with van der Waals surface area (Å²) in [6.45, 7) is -7.24. The first-order chi connectivity index (χ1) is 14.3. The Balaban J connectivity index is 2.71. The van der Waals surface area contributed by atoms with E-state index in [1.807, 2.05) is 0 Å². The third-order valence-electron chi connectivity index (χ3n) is 3.18. The van der Waals surface area contributed by atoms with Crippen molar-refractivity contribution in [3.8, 4) is 0 Å². The van der Waals surface area contributed by atoms with E-state index >= 15 is 0 Å². The van der Waals surface area contributed by atoms with Crippen LogP contribution >= 0.6 is 0 Å². The molecule has 114 valence electrons. The van der Waals surface area contributed by atoms with E-state index in [1.54, 1.807) is 0 Å². The van der Waals surface area contributed by atoms with Crippen molar-refractivity contribution >= 4 is 28.4 Å². The summed E-state index contributed by atoms with van der Waals surface area (Å²) in [7, 11) is 0. The number of carbonyl (C=O) groups is 2. The Morgan fingerprint density at radius 2 is 2.27 bits per heavy atom. The van der Waals surface area contributed by atoms with Crippen molar-refractivity contribution in [1.82, 2.24) is 14.9 Å². The normalized spacial score (nSPS) is 34.4. The van der Waals surface area contributed by atoms with Gasteiger partial charge in [-0.2, -0.15) is 0 Å². The number of hydrogen-bond donors (Lipinski definition) is 2. The van der Waals surface area contributed by atoms with E-state index in [1.165, 1.54) is 23.5 Å². The topological polar surface area (TPSA) is 107 Å². The number of nitrogen functional groups attached to an aromatic ring is 1. The van der Waals surface area contributed by atoms with Crippen LogP contribution in [0, 0.1) is 6.85 Å². The van der Waals surface area contributed by atoms with Crippen LogP contribution < -0.4 is 16.6 Å². The summed E-state index contributed by atoms with van der Waals surface area (Å²) in [5, 5.41) is 0.925. The number of carbonyl (C=O) groups excluding carboxylic acids is 2. The number of anilines is 1. The smallest absolute Gasteiger partial charge is 0.264 e. The quantitative estimate of drug-likeness (QED) is 0.587. The number of imide groups is 1. The van der Waals surface area contributed by atoms with Gasteiger partial charge in [0.1, 0.15) is 11.4 Å². The maximum Gasteiger partial charge on any atom is 0.264 e. The van der Waals surface area contributed by atoms with Gasteiger partial charge < -0.3 is 5.73 Å². The lowest BCUT2D eigenvalue weighted by molar-refractivity contribution is -0.140. The molecule has 0 bridgehead atoms. The van der Waals surface area contributed by atoms with Crippen LogP contribution in [-0.2, 0) is 15.1 Å². The van der Waals surface area contributed by atoms with Crippen molar-refractivity contribution in [2.24, 2.45) is 0 Å². The molecular weight excluding hydrogens is 284 g/mol. The highest BCUT2D eigenvalue weighted by Gasteiger charge is 2.42. The predicted octanol–water partition coefficient (Wildman–Crippen LogP) is 0.439. The fraction of sp³-hybridized carbons (Fsp3) is 0.333. The van der Waals surface area contributed by atoms with Gasteiger partial charge in [0.2, 0.25) is 5.91 Å². The second-order valence-electron chi connectivity index (χ2n) is 4.56. The van der Waals surface area contributed by atoms with E-state index in [0.717, 1.165) is 0 Å². The molecular formula is C15H16N4O3. The number of nitrogens with zero attached hydrogens (tertiary/aromatic N) is 2. The molecule has 1 aromatic heterocycles. The first-order valence-electron chi connectivity index (χ1n) is 11.0. The highest BCUT2D eigenvalue weighted by molar-refractivity contribution is 6.01. The van der Waals surface area contributed by atoms with Crippen LogP contribution in [0.1, 0.15) is 39.1 Å². The number of nitrogens with two attached hydrogens (primary N) is 1. The molecule has 1 aromatic carbocycles. The molecule has 1 aliphatic heterocycles. The van der Waals surface area contributed by atoms with Crippen molar-refractivity contribution in [1.29, 1.82) is 0 Å². The number of piperidine rings is 1. The monoisotopic (exact) mass is 310 g/mol. The molecule has 0 spiro atoms. The second kappa shape index (κ2) is 4.66. The summed E-state index contributed by atoms with van der Waals surface area (Å²) < 4.78 is 79.3. The van der Waals surface area contributed by atoms with Crippen LogP contribution in [0.3, 0.4) is 0 Å². The molecule has 2 aromatic rings. The highest BCUT2D eigenvalue weighted by atomic mass is 16.2. The van der Waals surface area contributed by atoms with E-state index in [2.05, 4.69) is 4.98 Å². The molecule has 0 radical (unpaired) electrons. The Kier molecular flexibility index (Phi) is 1.40. The SMILES string of the molecule is [2H]C([2H])([2H])c1nc2cccc(N)c2c(=O)n1[C@@]1(C([2H])([2H])[2H])C(=O)NC(=O)C([2H])([2H])C1([2H])[2H]. The van der Waals surface area contributed by atoms with Crippen LogP contribution in [0.2, 0.25) is 0 Å². The minimum Gasteiger partial charge on any atom is -0.398 e. The zero-order chi connectivity index (χ0) is 24.7. The number of rotatable bonds is 1. The lowest BCUT2D eigenvalue weighted by atomic mass is 9.90. The Hall–Kier alpha value is -2.70. The van der Waals surface area contributed by atoms with Crippen LogP contribution in [0.25, 0.3) is 10.9 Å². The van der Waals surface area contributed by atoms with Gasteiger partial charge in [0.25, 0.3) is 11.5 Å². The third-order valence-corrected chi connectivity index (χ3v) is 3.18. The molecule has 3 rings (SSSR count). The van der Waals surface area contributed by atoms with Crippen LogP contribution in [-0.4, -0.2) is 21.4 Å². The van der Waals surface area contributed by atoms with Crippen LogP contribution in [0.15, 0.2) is 23.0 Å². The van der Waals surface area contributed by atoms with Gasteiger partial charge in [0, 0.05) is 25.8 Å². The number of amides is 2. The fourth-order valence-corrected chi connectivity index (χ4v) is 2.15. The zero-order valence-corrected chi connectivity index (χ0v) is 10.9. The molecule has 0 saturated carbocycles. The first-order valence-corrected chi connectivity index (χ1v) is 6.01. The molecule has 3 N–H and O–H groups in total. The van der Waals surface area contributed by atoms with Gasteiger partial charge in [0.15, 0.2) is 0 Å². The number of fused-ring (bicyclic) bond motifs is 1. The minimum absolute atomic E-state index is 0.189. The van der Waals surface area contributed by atoms with Gasteiger partial charge in [0.05, 0.1) is 10.9 Å². The summed E-state index contributed by atoms with van der Waals surface area (Å²) in [5.74, 6) is -5.00. The molecule has 2 heterocycles. The molecule has 0 aliphatic carbocycles. The Bertz CT molecular complexity index is 1220. The molecule has 7 nitrogen and oxygen atoms in total. The molecule has 1 saturated heterocycles. The summed E-state index contributed by atoms with van der Waals surface area (Å²) >= 11 is 0. The number of aryl methyl sites for hydroxylation is 1. The van der Waals surface area contributed by atoms with Crippen molar-refractivity contribution in [2.45, 2.75) is 32.0 Å². The number of benzene rings is 1. The Labute approximate surface area is 140 Å². The molecule has 7 heteroatoms. The van der Waals surface area contributed by atoms with E-state index in [0.29, 0.717) is 0 Å². The zero-order valence-electron chi connectivity index (χ0n) is 20.9. The molecule has 0 unspecified atom stereocenters. The summed E-state index contributed by atoms with van der Waals surface area (Å²) in [4.78, 5) is 42.4. The maximum atomic E-state index is 13.5. The average Bonchev–Trinajstić information content (AvgIpc) is 2.60. The molecule has 1 aliphatic rings. The van der Waals surface area contributed by atoms with Crippen LogP contribution in [0.4, 0.5) is 5.69 Å². The van der Waals surface area contributed by atoms with Gasteiger partial charge in [-0.05, 0) is 32.2 Å². The van der Waals surface area contributed by atoms with Gasteiger partial charge >= 0.3 is 0 Å². The number of nitrogens with one attached hydrogen (secondary N) is 1. The van der Waals surface area contributed by atoms with Crippen LogP contribution in [0.5, 0.6) is 0 Å². The molecule has 1 fully saturated rings. The number of aromatic nitrogens is 2. The second-order valence-corrected chi connectivity index (χ2v) is 4.56.